The molecule has 0 saturated carbocycles. The number of nitrogens with zero attached hydrogens (tertiary/aromatic N) is 2. The first-order valence-corrected chi connectivity index (χ1v) is 11.3. The van der Waals surface area contributed by atoms with Gasteiger partial charge < -0.3 is 9.88 Å². The topological polar surface area (TPSA) is 93.1 Å². The van der Waals surface area contributed by atoms with E-state index >= 15 is 0 Å². The first-order chi connectivity index (χ1) is 14.3. The van der Waals surface area contributed by atoms with Crippen molar-refractivity contribution in [3.8, 4) is 0 Å². The molecule has 161 valence electrons. The van der Waals surface area contributed by atoms with Crippen LogP contribution in [0.15, 0.2) is 47.4 Å². The van der Waals surface area contributed by atoms with Crippen molar-refractivity contribution >= 4 is 56.6 Å². The molecular formula is C21H25FN4NaO3S. The molecule has 31 heavy (non-hydrogen) atoms. The molecular weight excluding hydrogens is 430 g/mol. The van der Waals surface area contributed by atoms with Crippen molar-refractivity contribution in [2.24, 2.45) is 0 Å². The summed E-state index contributed by atoms with van der Waals surface area (Å²) in [6, 6.07) is 9.80. The minimum absolute atomic E-state index is 0. The Labute approximate surface area is 203 Å². The van der Waals surface area contributed by atoms with Crippen LogP contribution in [0.4, 0.5) is 9.18 Å². The molecule has 0 saturated heterocycles. The Morgan fingerprint density at radius 1 is 1.16 bits per heavy atom. The number of aromatic nitrogens is 2. The van der Waals surface area contributed by atoms with Gasteiger partial charge in [-0.05, 0) is 43.7 Å². The summed E-state index contributed by atoms with van der Waals surface area (Å²) in [5.41, 5.74) is 2.26. The van der Waals surface area contributed by atoms with Gasteiger partial charge in [0.25, 0.3) is 10.0 Å². The third-order valence-electron chi connectivity index (χ3n) is 4.72. The van der Waals surface area contributed by atoms with Gasteiger partial charge in [-0.15, -0.1) is 0 Å². The SMILES string of the molecule is CCCCc1nc2ccc(F)cc2n1CCNC(=O)NS(=O)(=O)c1ccc(C)cc1.[Na]. The van der Waals surface area contributed by atoms with Crippen LogP contribution in [-0.4, -0.2) is 60.1 Å². The van der Waals surface area contributed by atoms with E-state index in [0.29, 0.717) is 17.6 Å². The standard InChI is InChI=1S/C21H25FN4O3S.Na/c1-3-4-5-20-24-18-11-8-16(22)14-19(18)26(20)13-12-23-21(27)25-30(28,29)17-9-6-15(2)7-10-17;/h6-11,14H,3-5,12-13H2,1-2H3,(H2,23,25,27);. The largest absolute Gasteiger partial charge is 0.336 e. The van der Waals surface area contributed by atoms with E-state index in [1.165, 1.54) is 24.3 Å². The van der Waals surface area contributed by atoms with Crippen LogP contribution >= 0.6 is 0 Å². The molecule has 10 heteroatoms. The fourth-order valence-electron chi connectivity index (χ4n) is 3.14. The van der Waals surface area contributed by atoms with Gasteiger partial charge in [-0.1, -0.05) is 31.0 Å². The third-order valence-corrected chi connectivity index (χ3v) is 6.07. The van der Waals surface area contributed by atoms with Crippen LogP contribution in [0.2, 0.25) is 0 Å². The quantitative estimate of drug-likeness (QED) is 0.511. The number of carbonyl (C=O) groups is 1. The molecule has 7 nitrogen and oxygen atoms in total. The monoisotopic (exact) mass is 455 g/mol. The zero-order chi connectivity index (χ0) is 21.7. The second kappa shape index (κ2) is 11.1. The molecule has 0 atom stereocenters. The van der Waals surface area contributed by atoms with E-state index in [4.69, 9.17) is 0 Å². The van der Waals surface area contributed by atoms with Crippen molar-refractivity contribution in [2.75, 3.05) is 6.54 Å². The molecule has 2 N–H and O–H groups in total. The molecule has 1 aromatic heterocycles. The molecule has 0 aliphatic heterocycles. The van der Waals surface area contributed by atoms with Gasteiger partial charge in [0.2, 0.25) is 0 Å². The summed E-state index contributed by atoms with van der Waals surface area (Å²) in [6.07, 6.45) is 2.67. The number of imidazole rings is 1. The summed E-state index contributed by atoms with van der Waals surface area (Å²) in [5.74, 6) is 0.451. The van der Waals surface area contributed by atoms with Crippen molar-refractivity contribution in [1.82, 2.24) is 19.6 Å². The van der Waals surface area contributed by atoms with Gasteiger partial charge in [0.05, 0.1) is 15.9 Å². The number of benzene rings is 2. The van der Waals surface area contributed by atoms with Crippen LogP contribution < -0.4 is 10.0 Å². The van der Waals surface area contributed by atoms with E-state index in [0.717, 1.165) is 30.7 Å². The van der Waals surface area contributed by atoms with Crippen LogP contribution in [0, 0.1) is 12.7 Å². The first kappa shape index (κ1) is 25.3. The third kappa shape index (κ3) is 6.52. The van der Waals surface area contributed by atoms with E-state index < -0.39 is 16.1 Å². The fourth-order valence-corrected chi connectivity index (χ4v) is 4.07. The number of rotatable bonds is 8. The number of hydrogen-bond donors (Lipinski definition) is 2. The molecule has 0 spiro atoms. The van der Waals surface area contributed by atoms with Crippen LogP contribution in [0.25, 0.3) is 11.0 Å². The number of aryl methyl sites for hydroxylation is 2. The van der Waals surface area contributed by atoms with E-state index in [-0.39, 0.29) is 46.8 Å². The molecule has 0 bridgehead atoms. The van der Waals surface area contributed by atoms with Gasteiger partial charge in [-0.3, -0.25) is 0 Å². The number of nitrogens with one attached hydrogen (secondary N) is 2. The summed E-state index contributed by atoms with van der Waals surface area (Å²) >= 11 is 0. The summed E-state index contributed by atoms with van der Waals surface area (Å²) in [4.78, 5) is 16.7. The van der Waals surface area contributed by atoms with E-state index in [1.54, 1.807) is 18.2 Å². The molecule has 3 rings (SSSR count). The zero-order valence-electron chi connectivity index (χ0n) is 18.0. The molecule has 0 fully saturated rings. The first-order valence-electron chi connectivity index (χ1n) is 9.82. The Morgan fingerprint density at radius 3 is 2.55 bits per heavy atom. The molecule has 0 aliphatic rings. The summed E-state index contributed by atoms with van der Waals surface area (Å²) in [5, 5.41) is 2.55. The molecule has 1 heterocycles. The van der Waals surface area contributed by atoms with Crippen LogP contribution in [0.1, 0.15) is 31.2 Å². The Morgan fingerprint density at radius 2 is 1.87 bits per heavy atom. The van der Waals surface area contributed by atoms with Gasteiger partial charge in [0.1, 0.15) is 11.6 Å². The number of unbranched alkanes of at least 4 members (excludes halogenated alkanes) is 1. The number of halogens is 1. The summed E-state index contributed by atoms with van der Waals surface area (Å²) < 4.78 is 42.2. The number of hydrogen-bond acceptors (Lipinski definition) is 4. The molecule has 3 aromatic rings. The van der Waals surface area contributed by atoms with E-state index in [2.05, 4.69) is 17.2 Å². The van der Waals surface area contributed by atoms with Crippen LogP contribution in [-0.2, 0) is 23.0 Å². The van der Waals surface area contributed by atoms with Gasteiger partial charge in [-0.25, -0.2) is 27.3 Å². The molecule has 2 amide bonds. The minimum Gasteiger partial charge on any atom is -0.336 e. The molecule has 0 unspecified atom stereocenters. The minimum atomic E-state index is -3.95. The molecule has 0 aliphatic carbocycles. The van der Waals surface area contributed by atoms with Gasteiger partial charge >= 0.3 is 6.03 Å². The van der Waals surface area contributed by atoms with Crippen LogP contribution in [0.5, 0.6) is 0 Å². The number of carbonyl (C=O) groups excluding carboxylic acids is 1. The Balaban J connectivity index is 0.00000341. The maximum atomic E-state index is 13.7. The fraction of sp³-hybridized carbons (Fsp3) is 0.333. The van der Waals surface area contributed by atoms with E-state index in [1.807, 2.05) is 16.2 Å². The molecule has 1 radical (unpaired) electrons. The Kier molecular flexibility index (Phi) is 9.05. The number of fused-ring (bicyclic) bond motifs is 1. The van der Waals surface area contributed by atoms with Gasteiger partial charge in [0.15, 0.2) is 0 Å². The van der Waals surface area contributed by atoms with Gasteiger partial charge in [-0.2, -0.15) is 0 Å². The Hall–Kier alpha value is -1.94. The smallest absolute Gasteiger partial charge is 0.328 e. The predicted molar refractivity (Wildman–Crippen MR) is 119 cm³/mol. The average Bonchev–Trinajstić information content (AvgIpc) is 3.03. The second-order valence-electron chi connectivity index (χ2n) is 7.09. The normalized spacial score (nSPS) is 11.2. The predicted octanol–water partition coefficient (Wildman–Crippen LogP) is 3.13. The van der Waals surface area contributed by atoms with Crippen molar-refractivity contribution in [1.29, 1.82) is 0 Å². The van der Waals surface area contributed by atoms with Crippen molar-refractivity contribution < 1.29 is 17.6 Å². The number of urea groups is 1. The van der Waals surface area contributed by atoms with E-state index in [9.17, 15) is 17.6 Å². The second-order valence-corrected chi connectivity index (χ2v) is 8.77. The van der Waals surface area contributed by atoms with Crippen LogP contribution in [0.3, 0.4) is 0 Å². The van der Waals surface area contributed by atoms with Crippen molar-refractivity contribution in [3.63, 3.8) is 0 Å². The maximum absolute atomic E-state index is 13.7. The van der Waals surface area contributed by atoms with Gasteiger partial charge in [0, 0.05) is 49.1 Å². The maximum Gasteiger partial charge on any atom is 0.328 e. The summed E-state index contributed by atoms with van der Waals surface area (Å²) in [7, 11) is -3.95. The number of sulfonamides is 1. The number of amides is 2. The Bertz CT molecular complexity index is 1150. The van der Waals surface area contributed by atoms with Crippen molar-refractivity contribution in [2.45, 2.75) is 44.6 Å². The molecule has 2 aromatic carbocycles. The summed E-state index contributed by atoms with van der Waals surface area (Å²) in [6.45, 7) is 4.43. The average molecular weight is 456 g/mol. The zero-order valence-corrected chi connectivity index (χ0v) is 20.8. The van der Waals surface area contributed by atoms with Crippen molar-refractivity contribution in [3.05, 3.63) is 59.7 Å².